The number of fused-ring (bicyclic) bond motifs is 5. The summed E-state index contributed by atoms with van der Waals surface area (Å²) in [6.07, 6.45) is 8.54. The summed E-state index contributed by atoms with van der Waals surface area (Å²) in [7, 11) is -4.16. The molecule has 0 bridgehead atoms. The van der Waals surface area contributed by atoms with Gasteiger partial charge in [0, 0.05) is 12.1 Å². The van der Waals surface area contributed by atoms with Crippen molar-refractivity contribution in [1.29, 1.82) is 0 Å². The molecule has 5 N–H and O–H groups in total. The number of nitrogens with two attached hydrogens (primary N) is 1. The molecule has 0 aliphatic heterocycles. The quantitative estimate of drug-likeness (QED) is 0.394. The van der Waals surface area contributed by atoms with Crippen molar-refractivity contribution in [2.75, 3.05) is 5.32 Å². The van der Waals surface area contributed by atoms with Gasteiger partial charge < -0.3 is 15.5 Å². The first-order valence-electron chi connectivity index (χ1n) is 14.7. The lowest BCUT2D eigenvalue weighted by Gasteiger charge is -2.62. The van der Waals surface area contributed by atoms with Crippen LogP contribution in [0.5, 0.6) is 0 Å². The molecule has 1 aromatic carbocycles. The Morgan fingerprint density at radius 3 is 2.49 bits per heavy atom. The fourth-order valence-electron chi connectivity index (χ4n) is 9.77. The first-order valence-corrected chi connectivity index (χ1v) is 16.3. The van der Waals surface area contributed by atoms with Gasteiger partial charge in [0.15, 0.2) is 0 Å². The highest BCUT2D eigenvalue weighted by atomic mass is 32.2. The number of carbonyl (C=O) groups is 1. The third-order valence-corrected chi connectivity index (χ3v) is 12.7. The highest BCUT2D eigenvalue weighted by Crippen LogP contribution is 2.68. The minimum atomic E-state index is -4.16. The predicted octanol–water partition coefficient (Wildman–Crippen LogP) is 4.82. The van der Waals surface area contributed by atoms with E-state index in [4.69, 9.17) is 5.14 Å². The monoisotopic (exact) mass is 564 g/mol. The molecule has 9 heteroatoms. The molecule has 7 nitrogen and oxygen atoms in total. The Labute approximate surface area is 232 Å². The Kier molecular flexibility index (Phi) is 7.70. The number of hydrogen-bond donors (Lipinski definition) is 4. The van der Waals surface area contributed by atoms with Crippen LogP contribution in [0, 0.1) is 52.2 Å². The second kappa shape index (κ2) is 10.4. The summed E-state index contributed by atoms with van der Waals surface area (Å²) in [5.41, 5.74) is 0.553. The van der Waals surface area contributed by atoms with E-state index in [1.165, 1.54) is 6.07 Å². The fourth-order valence-corrected chi connectivity index (χ4v) is 10.4. The van der Waals surface area contributed by atoms with Crippen LogP contribution in [0.1, 0.15) is 85.0 Å². The third-order valence-electron chi connectivity index (χ3n) is 11.8. The van der Waals surface area contributed by atoms with E-state index in [1.54, 1.807) is 0 Å². The summed E-state index contributed by atoms with van der Waals surface area (Å²) in [4.78, 5) is 12.1. The summed E-state index contributed by atoms with van der Waals surface area (Å²) >= 11 is 0. The van der Waals surface area contributed by atoms with Crippen molar-refractivity contribution in [2.24, 2.45) is 51.5 Å². The normalized spacial score (nSPS) is 40.7. The number of aliphatic hydroxyl groups is 2. The van der Waals surface area contributed by atoms with Crippen molar-refractivity contribution >= 4 is 21.6 Å². The smallest absolute Gasteiger partial charge is 0.240 e. The zero-order valence-corrected chi connectivity index (χ0v) is 24.2. The van der Waals surface area contributed by atoms with Crippen LogP contribution in [0.4, 0.5) is 10.1 Å². The molecule has 1 amide bonds. The number of primary sulfonamides is 1. The zero-order chi connectivity index (χ0) is 28.3. The molecule has 4 aliphatic rings. The summed E-state index contributed by atoms with van der Waals surface area (Å²) in [5, 5.41) is 29.4. The van der Waals surface area contributed by atoms with Gasteiger partial charge in [-0.25, -0.2) is 17.9 Å². The number of rotatable bonds is 6. The molecule has 0 aromatic heterocycles. The van der Waals surface area contributed by atoms with E-state index in [2.05, 4.69) is 26.1 Å². The third kappa shape index (κ3) is 5.17. The van der Waals surface area contributed by atoms with Crippen molar-refractivity contribution in [3.63, 3.8) is 0 Å². The molecular weight excluding hydrogens is 519 g/mol. The Bertz CT molecular complexity index is 1210. The second-order valence-electron chi connectivity index (χ2n) is 13.7. The lowest BCUT2D eigenvalue weighted by atomic mass is 9.43. The van der Waals surface area contributed by atoms with E-state index in [0.717, 1.165) is 63.5 Å². The molecule has 0 spiro atoms. The molecule has 4 saturated carbocycles. The Morgan fingerprint density at radius 2 is 1.79 bits per heavy atom. The van der Waals surface area contributed by atoms with Gasteiger partial charge in [-0.15, -0.1) is 0 Å². The van der Waals surface area contributed by atoms with Crippen LogP contribution in [-0.2, 0) is 14.8 Å². The largest absolute Gasteiger partial charge is 0.393 e. The highest BCUT2D eigenvalue weighted by Gasteiger charge is 2.62. The summed E-state index contributed by atoms with van der Waals surface area (Å²) in [5.74, 6) is 1.31. The molecule has 218 valence electrons. The average molecular weight is 565 g/mol. The van der Waals surface area contributed by atoms with Crippen molar-refractivity contribution in [1.82, 2.24) is 0 Å². The van der Waals surface area contributed by atoms with Gasteiger partial charge in [0.25, 0.3) is 0 Å². The van der Waals surface area contributed by atoms with Crippen molar-refractivity contribution in [2.45, 2.75) is 102 Å². The maximum absolute atomic E-state index is 14.2. The number of aliphatic hydroxyl groups excluding tert-OH is 2. The number of sulfonamides is 1. The average Bonchev–Trinajstić information content (AvgIpc) is 3.20. The van der Waals surface area contributed by atoms with Gasteiger partial charge in [-0.2, -0.15) is 0 Å². The number of nitrogens with one attached hydrogen (secondary N) is 1. The van der Waals surface area contributed by atoms with E-state index in [-0.39, 0.29) is 34.6 Å². The number of benzene rings is 1. The van der Waals surface area contributed by atoms with Gasteiger partial charge in [-0.05, 0) is 122 Å². The summed E-state index contributed by atoms with van der Waals surface area (Å²) in [6.45, 7) is 7.08. The zero-order valence-electron chi connectivity index (χ0n) is 23.4. The van der Waals surface area contributed by atoms with Crippen LogP contribution >= 0.6 is 0 Å². The summed E-state index contributed by atoms with van der Waals surface area (Å²) in [6, 6.07) is 3.39. The number of amides is 1. The molecular formula is C30H45FN2O5S. The molecule has 0 radical (unpaired) electrons. The molecule has 0 unspecified atom stereocenters. The molecule has 1 aromatic rings. The van der Waals surface area contributed by atoms with Gasteiger partial charge in [0.2, 0.25) is 15.9 Å². The van der Waals surface area contributed by atoms with E-state index in [9.17, 15) is 27.8 Å². The van der Waals surface area contributed by atoms with Crippen molar-refractivity contribution in [3.8, 4) is 0 Å². The Balaban J connectivity index is 1.22. The van der Waals surface area contributed by atoms with Gasteiger partial charge in [-0.3, -0.25) is 4.79 Å². The number of anilines is 1. The van der Waals surface area contributed by atoms with Gasteiger partial charge in [-0.1, -0.05) is 20.8 Å². The van der Waals surface area contributed by atoms with Gasteiger partial charge in [0.05, 0.1) is 12.2 Å². The SMILES string of the molecule is C[C@H](CCC(=O)Nc1ccc(S(N)(=O)=O)c(F)c1)[C@H]1CC[C@H]2[C@@H]3[C@@H](O)C[C@@H]4C[C@H](O)CC[C@]4(C)[C@H]3CC[C@]12C. The molecule has 5 rings (SSSR count). The first kappa shape index (κ1) is 29.0. The van der Waals surface area contributed by atoms with Crippen LogP contribution < -0.4 is 10.5 Å². The number of carbonyl (C=O) groups excluding carboxylic acids is 1. The number of halogens is 1. The first-order chi connectivity index (χ1) is 18.2. The minimum Gasteiger partial charge on any atom is -0.393 e. The topological polar surface area (TPSA) is 130 Å². The maximum atomic E-state index is 14.2. The van der Waals surface area contributed by atoms with Gasteiger partial charge >= 0.3 is 0 Å². The lowest BCUT2D eigenvalue weighted by molar-refractivity contribution is -0.174. The van der Waals surface area contributed by atoms with E-state index < -0.39 is 20.7 Å². The molecule has 0 heterocycles. The predicted molar refractivity (Wildman–Crippen MR) is 147 cm³/mol. The molecule has 4 aliphatic carbocycles. The standard InChI is InChI=1S/C30H45FN2O5S/c1-17(4-9-27(36)33-19-5-8-26(24(31)16-19)39(32,37)38)21-6-7-22-28-23(11-13-30(21,22)3)29(2)12-10-20(34)14-18(29)15-25(28)35/h5,8,16-18,20-23,25,28,34-35H,4,6-7,9-15H2,1-3H3,(H,33,36)(H2,32,37,38)/t17-,18+,20-,21-,22+,23+,25+,28+,29+,30-/m1/s1. The van der Waals surface area contributed by atoms with Crippen molar-refractivity contribution < 1.29 is 27.8 Å². The van der Waals surface area contributed by atoms with Crippen molar-refractivity contribution in [3.05, 3.63) is 24.0 Å². The Hall–Kier alpha value is -1.55. The van der Waals surface area contributed by atoms with Crippen LogP contribution in [0.2, 0.25) is 0 Å². The maximum Gasteiger partial charge on any atom is 0.240 e. The van der Waals surface area contributed by atoms with E-state index in [1.807, 2.05) is 0 Å². The minimum absolute atomic E-state index is 0.141. The van der Waals surface area contributed by atoms with Crippen LogP contribution in [0.25, 0.3) is 0 Å². The highest BCUT2D eigenvalue weighted by molar-refractivity contribution is 7.89. The van der Waals surface area contributed by atoms with Crippen LogP contribution in [-0.4, -0.2) is 36.7 Å². The van der Waals surface area contributed by atoms with Crippen LogP contribution in [0.15, 0.2) is 23.1 Å². The lowest BCUT2D eigenvalue weighted by Crippen LogP contribution is -2.58. The second-order valence-corrected chi connectivity index (χ2v) is 15.2. The molecule has 39 heavy (non-hydrogen) atoms. The molecule has 4 fully saturated rings. The Morgan fingerprint density at radius 1 is 1.10 bits per heavy atom. The summed E-state index contributed by atoms with van der Waals surface area (Å²) < 4.78 is 37.0. The molecule has 10 atom stereocenters. The van der Waals surface area contributed by atoms with Gasteiger partial charge in [0.1, 0.15) is 10.7 Å². The molecule has 0 saturated heterocycles. The van der Waals surface area contributed by atoms with Crippen LogP contribution in [0.3, 0.4) is 0 Å². The number of hydrogen-bond acceptors (Lipinski definition) is 5. The fraction of sp³-hybridized carbons (Fsp3) is 0.767. The van der Waals surface area contributed by atoms with E-state index in [0.29, 0.717) is 48.3 Å². The van der Waals surface area contributed by atoms with E-state index >= 15 is 0 Å².